The quantitative estimate of drug-likeness (QED) is 0.760. The van der Waals surface area contributed by atoms with E-state index in [-0.39, 0.29) is 11.6 Å². The van der Waals surface area contributed by atoms with Crippen molar-refractivity contribution in [3.8, 4) is 0 Å². The molecule has 0 aliphatic carbocycles. The van der Waals surface area contributed by atoms with Crippen molar-refractivity contribution in [2.24, 2.45) is 0 Å². The minimum absolute atomic E-state index is 0.125. The summed E-state index contributed by atoms with van der Waals surface area (Å²) in [6.45, 7) is 3.40. The first-order chi connectivity index (χ1) is 12.0. The van der Waals surface area contributed by atoms with Gasteiger partial charge in [-0.2, -0.15) is 0 Å². The van der Waals surface area contributed by atoms with Gasteiger partial charge in [0.2, 0.25) is 5.91 Å². The van der Waals surface area contributed by atoms with E-state index >= 15 is 0 Å². The van der Waals surface area contributed by atoms with Crippen molar-refractivity contribution >= 4 is 44.4 Å². The summed E-state index contributed by atoms with van der Waals surface area (Å²) >= 11 is 3.43. The van der Waals surface area contributed by atoms with Crippen LogP contribution in [0, 0.1) is 0 Å². The van der Waals surface area contributed by atoms with Crippen molar-refractivity contribution in [1.29, 1.82) is 0 Å². The average Bonchev–Trinajstić information content (AvgIpc) is 2.94. The largest absolute Gasteiger partial charge is 0.464 e. The van der Waals surface area contributed by atoms with Crippen LogP contribution in [0.5, 0.6) is 0 Å². The molecule has 134 valence electrons. The molecule has 2 aromatic rings. The number of aromatic nitrogens is 1. The number of fused-ring (bicyclic) bond motifs is 1. The molecule has 1 aromatic carbocycles. The summed E-state index contributed by atoms with van der Waals surface area (Å²) in [6, 6.07) is 6.00. The van der Waals surface area contributed by atoms with E-state index in [1.54, 1.807) is 0 Å². The van der Waals surface area contributed by atoms with Crippen LogP contribution in [0.25, 0.3) is 10.9 Å². The van der Waals surface area contributed by atoms with Gasteiger partial charge in [-0.15, -0.1) is 0 Å². The van der Waals surface area contributed by atoms with Gasteiger partial charge in [0, 0.05) is 21.4 Å². The molecule has 0 unspecified atom stereocenters. The van der Waals surface area contributed by atoms with Crippen LogP contribution in [-0.4, -0.2) is 48.0 Å². The topological polar surface area (TPSA) is 74.4 Å². The molecular weight excluding hydrogens is 386 g/mol. The third-order valence-electron chi connectivity index (χ3n) is 4.70. The number of nitrogens with zero attached hydrogens (tertiary/aromatic N) is 1. The molecular formula is C18H22BrN3O3. The molecule has 1 aliphatic rings. The Balaban J connectivity index is 1.87. The number of methoxy groups -OCH3 is 1. The molecule has 1 fully saturated rings. The first kappa shape index (κ1) is 17.9. The second kappa shape index (κ2) is 7.58. The molecule has 2 N–H and O–H groups in total. The van der Waals surface area contributed by atoms with Gasteiger partial charge in [0.15, 0.2) is 0 Å². The Labute approximate surface area is 155 Å². The standard InChI is InChI=1S/C18H22BrN3O3/c1-11-5-3-4-8-22(11)10-15(23)21-16-13-9-12(19)6-7-14(13)20-17(16)18(24)25-2/h6-7,9,11,20H,3-5,8,10H2,1-2H3,(H,21,23)/t11-/m1/s1. The number of hydrogen-bond acceptors (Lipinski definition) is 4. The Hall–Kier alpha value is -1.86. The number of aromatic amines is 1. The molecule has 2 heterocycles. The van der Waals surface area contributed by atoms with Gasteiger partial charge in [-0.1, -0.05) is 22.4 Å². The van der Waals surface area contributed by atoms with Gasteiger partial charge in [-0.3, -0.25) is 9.69 Å². The predicted molar refractivity (Wildman–Crippen MR) is 101 cm³/mol. The fourth-order valence-electron chi connectivity index (χ4n) is 3.31. The lowest BCUT2D eigenvalue weighted by atomic mass is 10.0. The Morgan fingerprint density at radius 3 is 2.92 bits per heavy atom. The summed E-state index contributed by atoms with van der Waals surface area (Å²) in [5, 5.41) is 3.68. The second-order valence-electron chi connectivity index (χ2n) is 6.42. The van der Waals surface area contributed by atoms with Gasteiger partial charge in [0.1, 0.15) is 5.69 Å². The summed E-state index contributed by atoms with van der Waals surface area (Å²) in [5.41, 5.74) is 1.50. The van der Waals surface area contributed by atoms with Crippen LogP contribution in [0.2, 0.25) is 0 Å². The molecule has 1 saturated heterocycles. The van der Waals surface area contributed by atoms with Crippen LogP contribution in [0.1, 0.15) is 36.7 Å². The highest BCUT2D eigenvalue weighted by Crippen LogP contribution is 2.31. The number of H-pyrrole nitrogens is 1. The summed E-state index contributed by atoms with van der Waals surface area (Å²) in [6.07, 6.45) is 3.44. The van der Waals surface area contributed by atoms with Crippen molar-refractivity contribution in [2.45, 2.75) is 32.2 Å². The highest BCUT2D eigenvalue weighted by Gasteiger charge is 2.24. The van der Waals surface area contributed by atoms with Crippen molar-refractivity contribution < 1.29 is 14.3 Å². The zero-order valence-electron chi connectivity index (χ0n) is 14.4. The highest BCUT2D eigenvalue weighted by atomic mass is 79.9. The molecule has 7 heteroatoms. The molecule has 1 aromatic heterocycles. The van der Waals surface area contributed by atoms with E-state index in [9.17, 15) is 9.59 Å². The van der Waals surface area contributed by atoms with E-state index in [2.05, 4.69) is 38.1 Å². The van der Waals surface area contributed by atoms with Gasteiger partial charge in [-0.25, -0.2) is 4.79 Å². The normalized spacial score (nSPS) is 18.3. The van der Waals surface area contributed by atoms with Crippen molar-refractivity contribution in [2.75, 3.05) is 25.5 Å². The van der Waals surface area contributed by atoms with Crippen LogP contribution in [-0.2, 0) is 9.53 Å². The number of esters is 1. The molecule has 0 saturated carbocycles. The van der Waals surface area contributed by atoms with Crippen LogP contribution in [0.3, 0.4) is 0 Å². The van der Waals surface area contributed by atoms with E-state index in [1.807, 2.05) is 18.2 Å². The highest BCUT2D eigenvalue weighted by molar-refractivity contribution is 9.10. The number of amides is 1. The molecule has 1 atom stereocenters. The maximum absolute atomic E-state index is 12.6. The van der Waals surface area contributed by atoms with Crippen molar-refractivity contribution in [3.05, 3.63) is 28.4 Å². The van der Waals surface area contributed by atoms with Crippen LogP contribution >= 0.6 is 15.9 Å². The zero-order valence-corrected chi connectivity index (χ0v) is 16.0. The lowest BCUT2D eigenvalue weighted by molar-refractivity contribution is -0.118. The van der Waals surface area contributed by atoms with E-state index < -0.39 is 5.97 Å². The number of likely N-dealkylation sites (tertiary alicyclic amines) is 1. The third-order valence-corrected chi connectivity index (χ3v) is 5.20. The molecule has 1 aliphatic heterocycles. The van der Waals surface area contributed by atoms with E-state index in [1.165, 1.54) is 13.5 Å². The second-order valence-corrected chi connectivity index (χ2v) is 7.34. The van der Waals surface area contributed by atoms with Crippen LogP contribution < -0.4 is 5.32 Å². The lowest BCUT2D eigenvalue weighted by Crippen LogP contribution is -2.42. The predicted octanol–water partition coefficient (Wildman–Crippen LogP) is 3.53. The number of piperidine rings is 1. The fourth-order valence-corrected chi connectivity index (χ4v) is 3.67. The monoisotopic (exact) mass is 407 g/mol. The molecule has 3 rings (SSSR count). The van der Waals surface area contributed by atoms with E-state index in [0.717, 1.165) is 34.8 Å². The summed E-state index contributed by atoms with van der Waals surface area (Å²) < 4.78 is 5.71. The van der Waals surface area contributed by atoms with Gasteiger partial charge in [0.05, 0.1) is 19.3 Å². The molecule has 0 spiro atoms. The Kier molecular flexibility index (Phi) is 5.44. The summed E-state index contributed by atoms with van der Waals surface area (Å²) in [5.74, 6) is -0.631. The SMILES string of the molecule is COC(=O)c1[nH]c2ccc(Br)cc2c1NC(=O)CN1CCCC[C@H]1C. The molecule has 1 amide bonds. The van der Waals surface area contributed by atoms with Crippen molar-refractivity contribution in [3.63, 3.8) is 0 Å². The smallest absolute Gasteiger partial charge is 0.356 e. The summed E-state index contributed by atoms with van der Waals surface area (Å²) in [7, 11) is 1.32. The first-order valence-electron chi connectivity index (χ1n) is 8.43. The average molecular weight is 408 g/mol. The minimum Gasteiger partial charge on any atom is -0.464 e. The number of rotatable bonds is 4. The first-order valence-corrected chi connectivity index (χ1v) is 9.22. The summed E-state index contributed by atoms with van der Waals surface area (Å²) in [4.78, 5) is 29.9. The number of halogens is 1. The van der Waals surface area contributed by atoms with Gasteiger partial charge in [-0.05, 0) is 44.5 Å². The lowest BCUT2D eigenvalue weighted by Gasteiger charge is -2.32. The van der Waals surface area contributed by atoms with E-state index in [0.29, 0.717) is 18.3 Å². The molecule has 6 nitrogen and oxygen atoms in total. The van der Waals surface area contributed by atoms with Gasteiger partial charge >= 0.3 is 5.97 Å². The molecule has 0 bridgehead atoms. The van der Waals surface area contributed by atoms with E-state index in [4.69, 9.17) is 4.74 Å². The third kappa shape index (κ3) is 3.88. The van der Waals surface area contributed by atoms with Gasteiger partial charge < -0.3 is 15.0 Å². The zero-order chi connectivity index (χ0) is 18.0. The number of anilines is 1. The maximum atomic E-state index is 12.6. The Bertz CT molecular complexity index is 802. The number of hydrogen-bond donors (Lipinski definition) is 2. The Morgan fingerprint density at radius 2 is 2.20 bits per heavy atom. The van der Waals surface area contributed by atoms with Crippen LogP contribution in [0.4, 0.5) is 5.69 Å². The fraction of sp³-hybridized carbons (Fsp3) is 0.444. The number of ether oxygens (including phenoxy) is 1. The number of benzene rings is 1. The maximum Gasteiger partial charge on any atom is 0.356 e. The molecule has 0 radical (unpaired) electrons. The Morgan fingerprint density at radius 1 is 1.40 bits per heavy atom. The van der Waals surface area contributed by atoms with Crippen LogP contribution in [0.15, 0.2) is 22.7 Å². The minimum atomic E-state index is -0.506. The molecule has 25 heavy (non-hydrogen) atoms. The van der Waals surface area contributed by atoms with Gasteiger partial charge in [0.25, 0.3) is 0 Å². The number of carbonyl (C=O) groups is 2. The number of carbonyl (C=O) groups excluding carboxylic acids is 2. The number of nitrogens with one attached hydrogen (secondary N) is 2. The van der Waals surface area contributed by atoms with Crippen molar-refractivity contribution in [1.82, 2.24) is 9.88 Å².